The molecule has 0 aromatic rings. The number of aliphatic hydroxyl groups is 2. The molecule has 2 N–H and O–H groups in total. The maximum atomic E-state index is 12.1. The van der Waals surface area contributed by atoms with Crippen molar-refractivity contribution in [2.75, 3.05) is 13.2 Å². The summed E-state index contributed by atoms with van der Waals surface area (Å²) in [5.41, 5.74) is 0.328. The molecule has 0 saturated carbocycles. The van der Waals surface area contributed by atoms with Crippen molar-refractivity contribution in [1.29, 1.82) is 0 Å². The van der Waals surface area contributed by atoms with E-state index in [1.807, 2.05) is 12.2 Å². The molecule has 0 heterocycles. The molecular weight excluding hydrogens is 336 g/mol. The van der Waals surface area contributed by atoms with Crippen LogP contribution < -0.4 is 0 Å². The Labute approximate surface area is 155 Å². The Balaban J connectivity index is 1.85. The number of carbonyl (C=O) groups excluding carboxylic acids is 1. The van der Waals surface area contributed by atoms with Gasteiger partial charge in [0, 0.05) is 25.0 Å². The van der Waals surface area contributed by atoms with E-state index in [0.717, 1.165) is 50.0 Å². The second kappa shape index (κ2) is 11.0. The van der Waals surface area contributed by atoms with Crippen LogP contribution in [0.5, 0.6) is 0 Å². The monoisotopic (exact) mass is 366 g/mol. The summed E-state index contributed by atoms with van der Waals surface area (Å²) in [4.78, 5) is 12.1. The highest BCUT2D eigenvalue weighted by atomic mass is 16.7. The van der Waals surface area contributed by atoms with Crippen molar-refractivity contribution in [1.82, 2.24) is 0 Å². The van der Waals surface area contributed by atoms with Gasteiger partial charge in [-0.2, -0.15) is 0 Å². The molecule has 146 valence electrons. The fourth-order valence-corrected chi connectivity index (χ4v) is 2.92. The van der Waals surface area contributed by atoms with Gasteiger partial charge >= 0.3 is 5.97 Å². The van der Waals surface area contributed by atoms with Gasteiger partial charge in [0.1, 0.15) is 0 Å². The molecular formula is C20H30O6. The summed E-state index contributed by atoms with van der Waals surface area (Å²) in [7, 11) is 0. The number of ether oxygens (including phenoxy) is 3. The summed E-state index contributed by atoms with van der Waals surface area (Å²) in [6.45, 7) is 1.60. The van der Waals surface area contributed by atoms with Crippen LogP contribution in [0, 0.1) is 0 Å². The van der Waals surface area contributed by atoms with E-state index in [1.165, 1.54) is 6.08 Å². The van der Waals surface area contributed by atoms with E-state index in [4.69, 9.17) is 19.3 Å². The van der Waals surface area contributed by atoms with E-state index >= 15 is 0 Å². The molecule has 6 nitrogen and oxygen atoms in total. The zero-order valence-corrected chi connectivity index (χ0v) is 15.5. The van der Waals surface area contributed by atoms with E-state index in [9.17, 15) is 9.90 Å². The van der Waals surface area contributed by atoms with Crippen LogP contribution in [0.2, 0.25) is 0 Å². The normalized spacial score (nSPS) is 18.5. The summed E-state index contributed by atoms with van der Waals surface area (Å²) in [5, 5.41) is 18.6. The van der Waals surface area contributed by atoms with Crippen molar-refractivity contribution < 1.29 is 29.2 Å². The third kappa shape index (κ3) is 7.22. The molecule has 2 rings (SSSR count). The molecule has 26 heavy (non-hydrogen) atoms. The average molecular weight is 366 g/mol. The molecule has 0 amide bonds. The van der Waals surface area contributed by atoms with Crippen LogP contribution >= 0.6 is 0 Å². The van der Waals surface area contributed by atoms with Crippen molar-refractivity contribution in [3.05, 3.63) is 35.3 Å². The van der Waals surface area contributed by atoms with Crippen molar-refractivity contribution in [2.24, 2.45) is 0 Å². The van der Waals surface area contributed by atoms with E-state index in [0.29, 0.717) is 18.4 Å². The molecule has 0 aromatic carbocycles. The molecule has 1 atom stereocenters. The van der Waals surface area contributed by atoms with E-state index in [-0.39, 0.29) is 13.2 Å². The van der Waals surface area contributed by atoms with Gasteiger partial charge in [0.05, 0.1) is 17.6 Å². The van der Waals surface area contributed by atoms with Crippen LogP contribution in [-0.4, -0.2) is 41.8 Å². The Morgan fingerprint density at radius 3 is 2.31 bits per heavy atom. The molecule has 2 aliphatic rings. The highest BCUT2D eigenvalue weighted by Crippen LogP contribution is 2.25. The number of carbonyl (C=O) groups is 1. The standard InChI is InChI=1S/C20H30O6/c1-15(13-16(22)7-6-12-21)20(23)24-14-19(25-17-8-2-3-9-17)26-18-10-4-5-11-18/h8,10,13,16,19,21-22H,2-7,9,11-12,14H2,1H3. The molecule has 0 radical (unpaired) electrons. The van der Waals surface area contributed by atoms with Gasteiger partial charge < -0.3 is 24.4 Å². The molecule has 1 unspecified atom stereocenters. The third-order valence-corrected chi connectivity index (χ3v) is 4.34. The van der Waals surface area contributed by atoms with Gasteiger partial charge in [-0.1, -0.05) is 0 Å². The van der Waals surface area contributed by atoms with Crippen LogP contribution in [-0.2, 0) is 19.0 Å². The number of hydrogen-bond donors (Lipinski definition) is 2. The second-order valence-electron chi connectivity index (χ2n) is 6.67. The molecule has 0 aromatic heterocycles. The van der Waals surface area contributed by atoms with Gasteiger partial charge in [-0.25, -0.2) is 4.79 Å². The van der Waals surface area contributed by atoms with Crippen molar-refractivity contribution in [3.8, 4) is 0 Å². The van der Waals surface area contributed by atoms with Crippen LogP contribution in [0.1, 0.15) is 58.3 Å². The average Bonchev–Trinajstić information content (AvgIpc) is 3.31. The van der Waals surface area contributed by atoms with Gasteiger partial charge in [-0.05, 0) is 63.7 Å². The first-order valence-electron chi connectivity index (χ1n) is 9.44. The zero-order chi connectivity index (χ0) is 18.8. The summed E-state index contributed by atoms with van der Waals surface area (Å²) < 4.78 is 17.0. The van der Waals surface area contributed by atoms with Crippen LogP contribution in [0.4, 0.5) is 0 Å². The Hall–Kier alpha value is -1.79. The number of rotatable bonds is 11. The van der Waals surface area contributed by atoms with Gasteiger partial charge in [-0.15, -0.1) is 0 Å². The number of hydrogen-bond acceptors (Lipinski definition) is 6. The number of aliphatic hydroxyl groups excluding tert-OH is 2. The Morgan fingerprint density at radius 2 is 1.81 bits per heavy atom. The minimum absolute atomic E-state index is 0.00850. The van der Waals surface area contributed by atoms with Crippen molar-refractivity contribution >= 4 is 5.97 Å². The van der Waals surface area contributed by atoms with Crippen LogP contribution in [0.15, 0.2) is 35.3 Å². The largest absolute Gasteiger partial charge is 0.456 e. The molecule has 0 saturated heterocycles. The number of allylic oxidation sites excluding steroid dienone is 4. The predicted octanol–water partition coefficient (Wildman–Crippen LogP) is 3.10. The Bertz CT molecular complexity index is 523. The van der Waals surface area contributed by atoms with Crippen molar-refractivity contribution in [3.63, 3.8) is 0 Å². The lowest BCUT2D eigenvalue weighted by atomic mass is 10.1. The fraction of sp³-hybridized carbons (Fsp3) is 0.650. The van der Waals surface area contributed by atoms with Gasteiger partial charge in [0.15, 0.2) is 6.61 Å². The maximum Gasteiger partial charge on any atom is 0.333 e. The summed E-state index contributed by atoms with van der Waals surface area (Å²) in [6.07, 6.45) is 10.9. The third-order valence-electron chi connectivity index (χ3n) is 4.34. The minimum Gasteiger partial charge on any atom is -0.456 e. The molecule has 6 heteroatoms. The summed E-state index contributed by atoms with van der Waals surface area (Å²) in [5.74, 6) is 1.26. The minimum atomic E-state index is -0.773. The fourth-order valence-electron chi connectivity index (χ4n) is 2.92. The lowest BCUT2D eigenvalue weighted by Gasteiger charge is -2.21. The van der Waals surface area contributed by atoms with E-state index in [2.05, 4.69) is 0 Å². The van der Waals surface area contributed by atoms with Crippen LogP contribution in [0.3, 0.4) is 0 Å². The summed E-state index contributed by atoms with van der Waals surface area (Å²) >= 11 is 0. The smallest absolute Gasteiger partial charge is 0.333 e. The molecule has 0 bridgehead atoms. The van der Waals surface area contributed by atoms with E-state index in [1.54, 1.807) is 6.92 Å². The number of esters is 1. The van der Waals surface area contributed by atoms with Crippen molar-refractivity contribution in [2.45, 2.75) is 70.7 Å². The molecule has 0 fully saturated rings. The zero-order valence-electron chi connectivity index (χ0n) is 15.5. The molecule has 0 spiro atoms. The SMILES string of the molecule is CC(=CC(O)CCCO)C(=O)OCC(OC1=CCCC1)OC1=CCCC1. The van der Waals surface area contributed by atoms with E-state index < -0.39 is 18.4 Å². The highest BCUT2D eigenvalue weighted by Gasteiger charge is 2.21. The Morgan fingerprint density at radius 1 is 1.19 bits per heavy atom. The quantitative estimate of drug-likeness (QED) is 0.332. The molecule has 0 aliphatic heterocycles. The first-order valence-corrected chi connectivity index (χ1v) is 9.44. The lowest BCUT2D eigenvalue weighted by Crippen LogP contribution is -2.25. The van der Waals surface area contributed by atoms with Gasteiger partial charge in [0.25, 0.3) is 6.29 Å². The topological polar surface area (TPSA) is 85.2 Å². The van der Waals surface area contributed by atoms with Gasteiger partial charge in [0.2, 0.25) is 0 Å². The predicted molar refractivity (Wildman–Crippen MR) is 96.9 cm³/mol. The summed E-state index contributed by atoms with van der Waals surface area (Å²) in [6, 6.07) is 0. The first kappa shape index (κ1) is 20.5. The first-order chi connectivity index (χ1) is 12.6. The molecule has 2 aliphatic carbocycles. The highest BCUT2D eigenvalue weighted by molar-refractivity contribution is 5.87. The van der Waals surface area contributed by atoms with Gasteiger partial charge in [-0.3, -0.25) is 0 Å². The maximum absolute atomic E-state index is 12.1. The Kier molecular flexibility index (Phi) is 8.71. The second-order valence-corrected chi connectivity index (χ2v) is 6.67. The lowest BCUT2D eigenvalue weighted by molar-refractivity contribution is -0.159. The van der Waals surface area contributed by atoms with Crippen LogP contribution in [0.25, 0.3) is 0 Å².